The number of rotatable bonds is 5. The Bertz CT molecular complexity index is 1050. The lowest BCUT2D eigenvalue weighted by molar-refractivity contribution is -0.107. The summed E-state index contributed by atoms with van der Waals surface area (Å²) in [5.74, 6) is 0.213. The lowest BCUT2D eigenvalue weighted by Gasteiger charge is -2.16. The fourth-order valence-electron chi connectivity index (χ4n) is 3.70. The third-order valence-electron chi connectivity index (χ3n) is 5.19. The van der Waals surface area contributed by atoms with Crippen molar-refractivity contribution in [2.24, 2.45) is 0 Å². The molecule has 0 atom stereocenters. The highest BCUT2D eigenvalue weighted by Gasteiger charge is 2.28. The number of hydrogen-bond acceptors (Lipinski definition) is 2. The van der Waals surface area contributed by atoms with Crippen LogP contribution in [0.15, 0.2) is 47.4 Å². The molecule has 1 fully saturated rings. The van der Waals surface area contributed by atoms with E-state index in [1.165, 1.54) is 17.7 Å². The molecule has 0 amide bonds. The van der Waals surface area contributed by atoms with Gasteiger partial charge in [0.2, 0.25) is 0 Å². The van der Waals surface area contributed by atoms with Crippen molar-refractivity contribution in [2.75, 3.05) is 0 Å². The molecular formula is C22H20FNO2. The average Bonchev–Trinajstić information content (AvgIpc) is 3.48. The molecule has 3 nitrogen and oxygen atoms in total. The van der Waals surface area contributed by atoms with Crippen LogP contribution in [0.1, 0.15) is 41.9 Å². The highest BCUT2D eigenvalue weighted by Crippen LogP contribution is 2.43. The van der Waals surface area contributed by atoms with Gasteiger partial charge in [0, 0.05) is 18.2 Å². The van der Waals surface area contributed by atoms with Crippen LogP contribution < -0.4 is 5.56 Å². The first-order valence-electron chi connectivity index (χ1n) is 8.97. The zero-order chi connectivity index (χ0) is 18.3. The minimum atomic E-state index is -0.262. The smallest absolute Gasteiger partial charge is 0.258 e. The third-order valence-corrected chi connectivity index (χ3v) is 5.19. The SMILES string of the molecule is Cc1c(-c2ccc(F)cc2)ccn2c(=O)c(CCC=O)cc(C3CC3)c12. The van der Waals surface area contributed by atoms with E-state index in [9.17, 15) is 14.0 Å². The number of hydrogen-bond donors (Lipinski definition) is 0. The quantitative estimate of drug-likeness (QED) is 0.640. The Morgan fingerprint density at radius 3 is 2.58 bits per heavy atom. The van der Waals surface area contributed by atoms with Gasteiger partial charge in [-0.3, -0.25) is 9.20 Å². The van der Waals surface area contributed by atoms with Crippen molar-refractivity contribution in [1.29, 1.82) is 0 Å². The lowest BCUT2D eigenvalue weighted by Crippen LogP contribution is -2.20. The van der Waals surface area contributed by atoms with E-state index in [2.05, 4.69) is 0 Å². The van der Waals surface area contributed by atoms with Crippen molar-refractivity contribution >= 4 is 11.8 Å². The van der Waals surface area contributed by atoms with Crippen molar-refractivity contribution in [3.63, 3.8) is 0 Å². The second-order valence-electron chi connectivity index (χ2n) is 6.99. The summed E-state index contributed by atoms with van der Waals surface area (Å²) < 4.78 is 15.0. The maximum absolute atomic E-state index is 13.3. The molecule has 0 bridgehead atoms. The summed E-state index contributed by atoms with van der Waals surface area (Å²) >= 11 is 0. The molecule has 0 unspecified atom stereocenters. The molecule has 2 heterocycles. The number of aromatic nitrogens is 1. The maximum atomic E-state index is 13.3. The first-order valence-corrected chi connectivity index (χ1v) is 8.97. The molecule has 0 radical (unpaired) electrons. The van der Waals surface area contributed by atoms with Gasteiger partial charge in [-0.2, -0.15) is 0 Å². The summed E-state index contributed by atoms with van der Waals surface area (Å²) in [5.41, 5.74) is 5.75. The molecule has 1 aliphatic carbocycles. The van der Waals surface area contributed by atoms with Crippen LogP contribution in [0.4, 0.5) is 4.39 Å². The second kappa shape index (κ2) is 6.52. The van der Waals surface area contributed by atoms with E-state index in [0.717, 1.165) is 41.3 Å². The maximum Gasteiger partial charge on any atom is 0.258 e. The summed E-state index contributed by atoms with van der Waals surface area (Å²) in [6.45, 7) is 2.02. The molecule has 132 valence electrons. The zero-order valence-corrected chi connectivity index (χ0v) is 14.7. The third kappa shape index (κ3) is 2.85. The molecule has 0 saturated heterocycles. The fourth-order valence-corrected chi connectivity index (χ4v) is 3.70. The first-order chi connectivity index (χ1) is 12.6. The lowest BCUT2D eigenvalue weighted by atomic mass is 9.96. The van der Waals surface area contributed by atoms with E-state index in [1.54, 1.807) is 22.7 Å². The fraction of sp³-hybridized carbons (Fsp3) is 0.273. The molecule has 0 N–H and O–H groups in total. The van der Waals surface area contributed by atoms with Crippen LogP contribution in [0.3, 0.4) is 0 Å². The van der Waals surface area contributed by atoms with E-state index in [4.69, 9.17) is 0 Å². The molecule has 0 aliphatic heterocycles. The number of benzene rings is 1. The molecule has 1 saturated carbocycles. The molecule has 26 heavy (non-hydrogen) atoms. The average molecular weight is 349 g/mol. The normalized spacial score (nSPS) is 13.9. The Hall–Kier alpha value is -2.75. The number of halogens is 1. The van der Waals surface area contributed by atoms with E-state index in [0.29, 0.717) is 24.3 Å². The van der Waals surface area contributed by atoms with Gasteiger partial charge in [0.1, 0.15) is 12.1 Å². The number of aryl methyl sites for hydroxylation is 2. The minimum absolute atomic E-state index is 0.0555. The molecule has 0 spiro atoms. The summed E-state index contributed by atoms with van der Waals surface area (Å²) in [4.78, 5) is 23.6. The number of aldehydes is 1. The minimum Gasteiger partial charge on any atom is -0.303 e. The molecular weight excluding hydrogens is 329 g/mol. The van der Waals surface area contributed by atoms with E-state index in [-0.39, 0.29) is 11.4 Å². The van der Waals surface area contributed by atoms with Gasteiger partial charge >= 0.3 is 0 Å². The predicted octanol–water partition coefficient (Wildman–Crippen LogP) is 4.42. The Kier molecular flexibility index (Phi) is 4.19. The molecule has 1 aliphatic rings. The molecule has 4 rings (SSSR count). The number of carbonyl (C=O) groups is 1. The van der Waals surface area contributed by atoms with Gasteiger partial charge in [0.15, 0.2) is 0 Å². The standard InChI is InChI=1S/C22H20FNO2/c1-14-19(15-6-8-18(23)9-7-15)10-11-24-21(14)20(16-4-5-16)13-17(22(24)26)3-2-12-25/h6-13,16H,2-5H2,1H3. The van der Waals surface area contributed by atoms with Gasteiger partial charge < -0.3 is 4.79 Å². The summed E-state index contributed by atoms with van der Waals surface area (Å²) in [6.07, 6.45) is 5.75. The molecule has 4 heteroatoms. The van der Waals surface area contributed by atoms with Crippen LogP contribution in [0.2, 0.25) is 0 Å². The van der Waals surface area contributed by atoms with Crippen LogP contribution in [-0.2, 0) is 11.2 Å². The first kappa shape index (κ1) is 16.7. The number of pyridine rings is 2. The summed E-state index contributed by atoms with van der Waals surface area (Å²) in [5, 5.41) is 0. The number of carbonyl (C=O) groups excluding carboxylic acids is 1. The van der Waals surface area contributed by atoms with Gasteiger partial charge in [-0.25, -0.2) is 4.39 Å². The Labute approximate surface area is 151 Å². The summed E-state index contributed by atoms with van der Waals surface area (Å²) in [7, 11) is 0. The van der Waals surface area contributed by atoms with E-state index < -0.39 is 0 Å². The van der Waals surface area contributed by atoms with Crippen LogP contribution >= 0.6 is 0 Å². The Morgan fingerprint density at radius 1 is 1.19 bits per heavy atom. The van der Waals surface area contributed by atoms with Gasteiger partial charge in [-0.15, -0.1) is 0 Å². The number of nitrogens with zero attached hydrogens (tertiary/aromatic N) is 1. The second-order valence-corrected chi connectivity index (χ2v) is 6.99. The van der Waals surface area contributed by atoms with Crippen molar-refractivity contribution in [1.82, 2.24) is 4.40 Å². The highest BCUT2D eigenvalue weighted by atomic mass is 19.1. The van der Waals surface area contributed by atoms with Crippen LogP contribution in [-0.4, -0.2) is 10.7 Å². The van der Waals surface area contributed by atoms with Gasteiger partial charge in [-0.05, 0) is 78.6 Å². The Morgan fingerprint density at radius 2 is 1.92 bits per heavy atom. The van der Waals surface area contributed by atoms with Crippen LogP contribution in [0, 0.1) is 12.7 Å². The Balaban J connectivity index is 1.96. The largest absolute Gasteiger partial charge is 0.303 e. The van der Waals surface area contributed by atoms with Crippen LogP contribution in [0.25, 0.3) is 16.6 Å². The predicted molar refractivity (Wildman–Crippen MR) is 100 cm³/mol. The zero-order valence-electron chi connectivity index (χ0n) is 14.7. The highest BCUT2D eigenvalue weighted by molar-refractivity contribution is 5.77. The van der Waals surface area contributed by atoms with Gasteiger partial charge in [0.25, 0.3) is 5.56 Å². The van der Waals surface area contributed by atoms with E-state index in [1.807, 2.05) is 19.1 Å². The van der Waals surface area contributed by atoms with Gasteiger partial charge in [0.05, 0.1) is 5.52 Å². The molecule has 1 aromatic carbocycles. The topological polar surface area (TPSA) is 38.5 Å². The van der Waals surface area contributed by atoms with Crippen molar-refractivity contribution in [3.8, 4) is 11.1 Å². The van der Waals surface area contributed by atoms with Crippen LogP contribution in [0.5, 0.6) is 0 Å². The molecule has 2 aromatic heterocycles. The van der Waals surface area contributed by atoms with Gasteiger partial charge in [-0.1, -0.05) is 12.1 Å². The van der Waals surface area contributed by atoms with E-state index >= 15 is 0 Å². The van der Waals surface area contributed by atoms with Crippen molar-refractivity contribution in [3.05, 3.63) is 75.5 Å². The summed E-state index contributed by atoms with van der Waals surface area (Å²) in [6, 6.07) is 10.4. The monoisotopic (exact) mass is 349 g/mol. The number of fused-ring (bicyclic) bond motifs is 1. The van der Waals surface area contributed by atoms with Crippen molar-refractivity contribution in [2.45, 2.75) is 38.5 Å². The molecule has 3 aromatic rings. The van der Waals surface area contributed by atoms with Crippen molar-refractivity contribution < 1.29 is 9.18 Å².